The molecule has 1 rings (SSSR count). The first-order chi connectivity index (χ1) is 10.2. The molecular weight excluding hydrogens is 274 g/mol. The van der Waals surface area contributed by atoms with Crippen LogP contribution < -0.4 is 16.0 Å². The van der Waals surface area contributed by atoms with E-state index < -0.39 is 6.43 Å². The smallest absolute Gasteiger partial charge is 0.238 e. The molecule has 0 fully saturated rings. The van der Waals surface area contributed by atoms with Crippen molar-refractivity contribution in [2.24, 2.45) is 5.84 Å². The maximum absolute atomic E-state index is 11.9. The van der Waals surface area contributed by atoms with Crippen molar-refractivity contribution >= 4 is 5.69 Å². The summed E-state index contributed by atoms with van der Waals surface area (Å²) in [7, 11) is 0. The van der Waals surface area contributed by atoms with E-state index in [1.807, 2.05) is 24.3 Å². The molecule has 0 atom stereocenters. The number of anilines is 1. The summed E-state index contributed by atoms with van der Waals surface area (Å²) in [5.41, 5.74) is 3.42. The van der Waals surface area contributed by atoms with E-state index in [-0.39, 0.29) is 6.42 Å². The molecule has 1 aromatic carbocycles. The fraction of sp³-hybridized carbons (Fsp3) is 0.625. The van der Waals surface area contributed by atoms with Gasteiger partial charge in [-0.3, -0.25) is 5.84 Å². The van der Waals surface area contributed by atoms with E-state index >= 15 is 0 Å². The van der Waals surface area contributed by atoms with E-state index in [4.69, 9.17) is 10.6 Å². The Hall–Kier alpha value is -1.36. The van der Waals surface area contributed by atoms with Gasteiger partial charge in [0, 0.05) is 12.1 Å². The molecule has 0 heterocycles. The number of ether oxygens (including phenoxy) is 1. The van der Waals surface area contributed by atoms with Crippen LogP contribution in [0.5, 0.6) is 5.75 Å². The summed E-state index contributed by atoms with van der Waals surface area (Å²) in [5, 5.41) is 0. The Labute approximate surface area is 125 Å². The summed E-state index contributed by atoms with van der Waals surface area (Å²) in [6, 6.07) is 7.51. The highest BCUT2D eigenvalue weighted by Gasteiger charge is 2.01. The van der Waals surface area contributed by atoms with Gasteiger partial charge >= 0.3 is 0 Å². The first-order valence-corrected chi connectivity index (χ1v) is 7.70. The molecule has 0 bridgehead atoms. The van der Waals surface area contributed by atoms with Gasteiger partial charge in [-0.1, -0.05) is 32.1 Å². The number of halogens is 2. The van der Waals surface area contributed by atoms with Crippen LogP contribution >= 0.6 is 0 Å². The van der Waals surface area contributed by atoms with Crippen molar-refractivity contribution in [2.75, 3.05) is 12.0 Å². The van der Waals surface area contributed by atoms with Crippen LogP contribution in [-0.2, 0) is 0 Å². The monoisotopic (exact) mass is 300 g/mol. The van der Waals surface area contributed by atoms with Gasteiger partial charge in [-0.15, -0.1) is 0 Å². The third-order valence-electron chi connectivity index (χ3n) is 3.36. The van der Waals surface area contributed by atoms with Crippen LogP contribution in [0.15, 0.2) is 24.3 Å². The van der Waals surface area contributed by atoms with Gasteiger partial charge in [0.15, 0.2) is 0 Å². The summed E-state index contributed by atoms with van der Waals surface area (Å²) in [4.78, 5) is 0. The minimum Gasteiger partial charge on any atom is -0.494 e. The molecule has 0 aromatic heterocycles. The molecule has 0 saturated carbocycles. The Balaban J connectivity index is 1.90. The van der Waals surface area contributed by atoms with E-state index in [0.717, 1.165) is 50.0 Å². The standard InChI is InChI=1S/C16H26F2N2O/c17-16(18)8-6-4-2-1-3-5-7-13-21-15-11-9-14(20-19)10-12-15/h9-12,16,20H,1-8,13,19H2. The van der Waals surface area contributed by atoms with Crippen molar-refractivity contribution in [2.45, 2.75) is 57.8 Å². The molecule has 0 amide bonds. The SMILES string of the molecule is NNc1ccc(OCCCCCCCCCC(F)F)cc1. The number of nitrogen functional groups attached to an aromatic ring is 1. The average molecular weight is 300 g/mol. The highest BCUT2D eigenvalue weighted by atomic mass is 19.3. The van der Waals surface area contributed by atoms with Gasteiger partial charge in [0.1, 0.15) is 5.75 Å². The van der Waals surface area contributed by atoms with E-state index in [0.29, 0.717) is 13.0 Å². The molecule has 3 nitrogen and oxygen atoms in total. The number of nitrogens with two attached hydrogens (primary N) is 1. The number of hydrogen-bond acceptors (Lipinski definition) is 3. The predicted molar refractivity (Wildman–Crippen MR) is 82.7 cm³/mol. The van der Waals surface area contributed by atoms with Crippen LogP contribution in [0, 0.1) is 0 Å². The average Bonchev–Trinajstić information content (AvgIpc) is 2.49. The van der Waals surface area contributed by atoms with E-state index in [1.54, 1.807) is 0 Å². The largest absolute Gasteiger partial charge is 0.494 e. The molecule has 120 valence electrons. The van der Waals surface area contributed by atoms with Gasteiger partial charge < -0.3 is 10.2 Å². The molecule has 1 aromatic rings. The lowest BCUT2D eigenvalue weighted by Crippen LogP contribution is -2.06. The maximum atomic E-state index is 11.9. The van der Waals surface area contributed by atoms with Crippen LogP contribution in [0.4, 0.5) is 14.5 Å². The molecule has 0 aliphatic rings. The minimum atomic E-state index is -2.14. The van der Waals surface area contributed by atoms with Gasteiger partial charge in [-0.25, -0.2) is 8.78 Å². The van der Waals surface area contributed by atoms with Crippen molar-refractivity contribution in [3.63, 3.8) is 0 Å². The van der Waals surface area contributed by atoms with Crippen LogP contribution in [0.3, 0.4) is 0 Å². The Morgan fingerprint density at radius 3 is 2.05 bits per heavy atom. The van der Waals surface area contributed by atoms with Crippen molar-refractivity contribution in [3.8, 4) is 5.75 Å². The number of benzene rings is 1. The van der Waals surface area contributed by atoms with Gasteiger partial charge in [-0.05, 0) is 37.1 Å². The Kier molecular flexibility index (Phi) is 9.53. The highest BCUT2D eigenvalue weighted by Crippen LogP contribution is 2.16. The number of unbranched alkanes of at least 4 members (excludes halogenated alkanes) is 6. The molecule has 0 aliphatic carbocycles. The zero-order valence-corrected chi connectivity index (χ0v) is 12.5. The maximum Gasteiger partial charge on any atom is 0.238 e. The second kappa shape index (κ2) is 11.3. The van der Waals surface area contributed by atoms with E-state index in [2.05, 4.69) is 5.43 Å². The Morgan fingerprint density at radius 1 is 0.905 bits per heavy atom. The lowest BCUT2D eigenvalue weighted by Gasteiger charge is -2.07. The number of hydrogen-bond donors (Lipinski definition) is 2. The highest BCUT2D eigenvalue weighted by molar-refractivity contribution is 5.45. The first kappa shape index (κ1) is 17.7. The summed E-state index contributed by atoms with van der Waals surface area (Å²) >= 11 is 0. The van der Waals surface area contributed by atoms with Gasteiger partial charge in [0.05, 0.1) is 6.61 Å². The topological polar surface area (TPSA) is 47.3 Å². The van der Waals surface area contributed by atoms with Crippen molar-refractivity contribution < 1.29 is 13.5 Å². The lowest BCUT2D eigenvalue weighted by atomic mass is 10.1. The second-order valence-corrected chi connectivity index (χ2v) is 5.17. The summed E-state index contributed by atoms with van der Waals surface area (Å²) in [6.45, 7) is 0.709. The molecule has 21 heavy (non-hydrogen) atoms. The van der Waals surface area contributed by atoms with Crippen LogP contribution in [0.2, 0.25) is 0 Å². The summed E-state index contributed by atoms with van der Waals surface area (Å²) in [5.74, 6) is 6.13. The predicted octanol–water partition coefficient (Wildman–Crippen LogP) is 4.74. The molecule has 0 aliphatic heterocycles. The van der Waals surface area contributed by atoms with Crippen LogP contribution in [-0.4, -0.2) is 13.0 Å². The summed E-state index contributed by atoms with van der Waals surface area (Å²) in [6.07, 6.45) is 4.95. The van der Waals surface area contributed by atoms with Gasteiger partial charge in [-0.2, -0.15) is 0 Å². The van der Waals surface area contributed by atoms with E-state index in [1.165, 1.54) is 0 Å². The van der Waals surface area contributed by atoms with Crippen LogP contribution in [0.1, 0.15) is 51.4 Å². The summed E-state index contributed by atoms with van der Waals surface area (Å²) < 4.78 is 29.4. The third-order valence-corrected chi connectivity index (χ3v) is 3.36. The van der Waals surface area contributed by atoms with Gasteiger partial charge in [0.25, 0.3) is 0 Å². The quantitative estimate of drug-likeness (QED) is 0.333. The number of nitrogens with one attached hydrogen (secondary N) is 1. The molecule has 0 spiro atoms. The molecular formula is C16H26F2N2O. The fourth-order valence-electron chi connectivity index (χ4n) is 2.12. The zero-order chi connectivity index (χ0) is 15.3. The van der Waals surface area contributed by atoms with Crippen molar-refractivity contribution in [3.05, 3.63) is 24.3 Å². The van der Waals surface area contributed by atoms with Crippen LogP contribution in [0.25, 0.3) is 0 Å². The molecule has 0 unspecified atom stereocenters. The fourth-order valence-corrected chi connectivity index (χ4v) is 2.12. The first-order valence-electron chi connectivity index (χ1n) is 7.70. The second-order valence-electron chi connectivity index (χ2n) is 5.17. The Bertz CT molecular complexity index is 358. The molecule has 0 saturated heterocycles. The van der Waals surface area contributed by atoms with Crippen molar-refractivity contribution in [1.82, 2.24) is 0 Å². The number of alkyl halides is 2. The van der Waals surface area contributed by atoms with Crippen molar-refractivity contribution in [1.29, 1.82) is 0 Å². The molecule has 3 N–H and O–H groups in total. The normalized spacial score (nSPS) is 10.9. The zero-order valence-electron chi connectivity index (χ0n) is 12.5. The molecule has 0 radical (unpaired) electrons. The lowest BCUT2D eigenvalue weighted by molar-refractivity contribution is 0.133. The van der Waals surface area contributed by atoms with E-state index in [9.17, 15) is 8.78 Å². The number of hydrazine groups is 1. The third kappa shape index (κ3) is 9.24. The van der Waals surface area contributed by atoms with Gasteiger partial charge in [0.2, 0.25) is 6.43 Å². The molecule has 5 heteroatoms. The minimum absolute atomic E-state index is 0.0479. The number of rotatable bonds is 12. The Morgan fingerprint density at radius 2 is 1.48 bits per heavy atom.